The van der Waals surface area contributed by atoms with Crippen LogP contribution in [-0.2, 0) is 14.3 Å². The maximum absolute atomic E-state index is 12.3. The highest BCUT2D eigenvalue weighted by Crippen LogP contribution is 2.16. The van der Waals surface area contributed by atoms with E-state index in [0.717, 1.165) is 64.2 Å². The third kappa shape index (κ3) is 28.3. The van der Waals surface area contributed by atoms with Gasteiger partial charge in [-0.2, -0.15) is 0 Å². The van der Waals surface area contributed by atoms with Gasteiger partial charge in [0.15, 0.2) is 0 Å². The number of rotatable bonds is 26. The highest BCUT2D eigenvalue weighted by Gasteiger charge is 2.15. The van der Waals surface area contributed by atoms with Crippen LogP contribution in [-0.4, -0.2) is 23.1 Å². The smallest absolute Gasteiger partial charge is 0.306 e. The van der Waals surface area contributed by atoms with Crippen LogP contribution < -0.4 is 0 Å². The lowest BCUT2D eigenvalue weighted by atomic mass is 10.0. The third-order valence-corrected chi connectivity index (χ3v) is 6.33. The number of carboxylic acids is 1. The SMILES string of the molecule is CC/C=C\C/C=C\C/C=C\C/C=C\CCCCC(=O)OC(CCCCCCCCCCC)CCC(=O)O. The summed E-state index contributed by atoms with van der Waals surface area (Å²) in [6.45, 7) is 4.38. The van der Waals surface area contributed by atoms with Crippen molar-refractivity contribution in [2.24, 2.45) is 0 Å². The fourth-order valence-electron chi connectivity index (χ4n) is 4.10. The quantitative estimate of drug-likeness (QED) is 0.0705. The van der Waals surface area contributed by atoms with E-state index in [1.54, 1.807) is 0 Å². The van der Waals surface area contributed by atoms with Gasteiger partial charge >= 0.3 is 11.9 Å². The van der Waals surface area contributed by atoms with Gasteiger partial charge in [0, 0.05) is 12.8 Å². The summed E-state index contributed by atoms with van der Waals surface area (Å²) in [5.74, 6) is -1.01. The van der Waals surface area contributed by atoms with Gasteiger partial charge in [-0.25, -0.2) is 0 Å². The Labute approximate surface area is 228 Å². The van der Waals surface area contributed by atoms with Crippen molar-refractivity contribution in [1.29, 1.82) is 0 Å². The molecule has 0 amide bonds. The summed E-state index contributed by atoms with van der Waals surface area (Å²) >= 11 is 0. The van der Waals surface area contributed by atoms with Gasteiger partial charge in [0.05, 0.1) is 0 Å². The van der Waals surface area contributed by atoms with E-state index < -0.39 is 5.97 Å². The number of carboxylic acid groups (broad SMARTS) is 1. The first-order chi connectivity index (χ1) is 18.1. The van der Waals surface area contributed by atoms with Gasteiger partial charge in [0.2, 0.25) is 0 Å². The zero-order valence-corrected chi connectivity index (χ0v) is 24.0. The van der Waals surface area contributed by atoms with E-state index in [9.17, 15) is 9.59 Å². The summed E-state index contributed by atoms with van der Waals surface area (Å²) in [6.07, 6.45) is 36.8. The molecule has 0 aliphatic rings. The minimum atomic E-state index is -0.828. The van der Waals surface area contributed by atoms with Crippen LogP contribution in [0, 0.1) is 0 Å². The number of aliphatic carboxylic acids is 1. The standard InChI is InChI=1S/C33H56O4/c1-3-5-7-9-11-13-14-15-16-17-18-20-22-24-26-28-33(36)37-31(29-30-32(34)35)27-25-23-21-19-12-10-8-6-4-2/h5,7,11,13,15-16,18,20,31H,3-4,6,8-10,12,14,17,19,21-30H2,1-2H3,(H,34,35)/b7-5-,13-11-,16-15-,20-18-. The Morgan fingerprint density at radius 3 is 1.73 bits per heavy atom. The van der Waals surface area contributed by atoms with Crippen LogP contribution in [0.15, 0.2) is 48.6 Å². The number of allylic oxidation sites excluding steroid dienone is 8. The maximum atomic E-state index is 12.3. The molecule has 0 aromatic carbocycles. The molecule has 0 spiro atoms. The summed E-state index contributed by atoms with van der Waals surface area (Å²) in [7, 11) is 0. The largest absolute Gasteiger partial charge is 0.481 e. The van der Waals surface area contributed by atoms with E-state index in [1.807, 2.05) is 0 Å². The van der Waals surface area contributed by atoms with Crippen molar-refractivity contribution in [3.05, 3.63) is 48.6 Å². The molecule has 1 N–H and O–H groups in total. The average Bonchev–Trinajstić information content (AvgIpc) is 2.88. The van der Waals surface area contributed by atoms with E-state index in [-0.39, 0.29) is 18.5 Å². The Morgan fingerprint density at radius 2 is 1.16 bits per heavy atom. The van der Waals surface area contributed by atoms with E-state index >= 15 is 0 Å². The molecule has 1 atom stereocenters. The van der Waals surface area contributed by atoms with Gasteiger partial charge in [-0.3, -0.25) is 9.59 Å². The molecule has 4 heteroatoms. The van der Waals surface area contributed by atoms with Crippen LogP contribution in [0.3, 0.4) is 0 Å². The molecule has 0 bridgehead atoms. The van der Waals surface area contributed by atoms with Crippen molar-refractivity contribution in [2.45, 2.75) is 148 Å². The van der Waals surface area contributed by atoms with Gasteiger partial charge in [-0.1, -0.05) is 114 Å². The molecule has 4 nitrogen and oxygen atoms in total. The lowest BCUT2D eigenvalue weighted by molar-refractivity contribution is -0.151. The van der Waals surface area contributed by atoms with E-state index in [0.29, 0.717) is 12.8 Å². The van der Waals surface area contributed by atoms with Gasteiger partial charge in [0.1, 0.15) is 6.10 Å². The summed E-state index contributed by atoms with van der Waals surface area (Å²) in [5.41, 5.74) is 0. The van der Waals surface area contributed by atoms with E-state index in [4.69, 9.17) is 9.84 Å². The zero-order chi connectivity index (χ0) is 27.2. The molecule has 0 rings (SSSR count). The molecule has 0 aliphatic carbocycles. The molecule has 0 heterocycles. The fourth-order valence-corrected chi connectivity index (χ4v) is 4.10. The Bertz CT molecular complexity index is 645. The molecule has 0 aromatic rings. The Hall–Kier alpha value is -2.10. The van der Waals surface area contributed by atoms with Crippen LogP contribution in [0.5, 0.6) is 0 Å². The highest BCUT2D eigenvalue weighted by atomic mass is 16.5. The van der Waals surface area contributed by atoms with E-state index in [2.05, 4.69) is 62.5 Å². The molecule has 212 valence electrons. The van der Waals surface area contributed by atoms with Gasteiger partial charge < -0.3 is 9.84 Å². The third-order valence-electron chi connectivity index (χ3n) is 6.33. The van der Waals surface area contributed by atoms with E-state index in [1.165, 1.54) is 44.9 Å². The lowest BCUT2D eigenvalue weighted by Crippen LogP contribution is -2.19. The highest BCUT2D eigenvalue weighted by molar-refractivity contribution is 5.69. The minimum absolute atomic E-state index is 0.0568. The van der Waals surface area contributed by atoms with Crippen molar-refractivity contribution in [1.82, 2.24) is 0 Å². The van der Waals surface area contributed by atoms with Crippen molar-refractivity contribution >= 4 is 11.9 Å². The van der Waals surface area contributed by atoms with Crippen LogP contribution in [0.25, 0.3) is 0 Å². The van der Waals surface area contributed by atoms with Crippen LogP contribution >= 0.6 is 0 Å². The summed E-state index contributed by atoms with van der Waals surface area (Å²) in [4.78, 5) is 23.3. The van der Waals surface area contributed by atoms with Gasteiger partial charge in [0.25, 0.3) is 0 Å². The molecular formula is C33H56O4. The molecule has 0 radical (unpaired) electrons. The Balaban J connectivity index is 3.92. The molecular weight excluding hydrogens is 460 g/mol. The molecule has 0 saturated carbocycles. The second-order valence-electron chi connectivity index (χ2n) is 9.91. The summed E-state index contributed by atoms with van der Waals surface area (Å²) in [5, 5.41) is 9.02. The van der Waals surface area contributed by atoms with Crippen molar-refractivity contribution < 1.29 is 19.4 Å². The first-order valence-electron chi connectivity index (χ1n) is 15.1. The second-order valence-corrected chi connectivity index (χ2v) is 9.91. The first-order valence-corrected chi connectivity index (χ1v) is 15.1. The number of hydrogen-bond donors (Lipinski definition) is 1. The van der Waals surface area contributed by atoms with Crippen molar-refractivity contribution in [2.75, 3.05) is 0 Å². The predicted molar refractivity (Wildman–Crippen MR) is 158 cm³/mol. The molecule has 1 unspecified atom stereocenters. The maximum Gasteiger partial charge on any atom is 0.306 e. The number of unbranched alkanes of at least 4 members (excludes halogenated alkanes) is 10. The monoisotopic (exact) mass is 516 g/mol. The number of esters is 1. The van der Waals surface area contributed by atoms with Crippen molar-refractivity contribution in [3.63, 3.8) is 0 Å². The fraction of sp³-hybridized carbons (Fsp3) is 0.697. The Morgan fingerprint density at radius 1 is 0.622 bits per heavy atom. The average molecular weight is 517 g/mol. The minimum Gasteiger partial charge on any atom is -0.481 e. The van der Waals surface area contributed by atoms with Gasteiger partial charge in [-0.15, -0.1) is 0 Å². The normalized spacial score (nSPS) is 12.9. The molecule has 0 fully saturated rings. The van der Waals surface area contributed by atoms with Crippen molar-refractivity contribution in [3.8, 4) is 0 Å². The molecule has 0 aliphatic heterocycles. The summed E-state index contributed by atoms with van der Waals surface area (Å²) in [6, 6.07) is 0. The number of carbonyl (C=O) groups excluding carboxylic acids is 1. The molecule has 0 aromatic heterocycles. The van der Waals surface area contributed by atoms with Gasteiger partial charge in [-0.05, 0) is 64.2 Å². The summed E-state index contributed by atoms with van der Waals surface area (Å²) < 4.78 is 5.65. The first kappa shape index (κ1) is 34.9. The van der Waals surface area contributed by atoms with Crippen LogP contribution in [0.1, 0.15) is 142 Å². The topological polar surface area (TPSA) is 63.6 Å². The lowest BCUT2D eigenvalue weighted by Gasteiger charge is -2.17. The molecule has 0 saturated heterocycles. The number of carbonyl (C=O) groups is 2. The Kier molecular flexibility index (Phi) is 26.9. The zero-order valence-electron chi connectivity index (χ0n) is 24.0. The number of ether oxygens (including phenoxy) is 1. The predicted octanol–water partition coefficient (Wildman–Crippen LogP) is 10.0. The molecule has 37 heavy (non-hydrogen) atoms. The number of hydrogen-bond acceptors (Lipinski definition) is 3. The van der Waals surface area contributed by atoms with Crippen LogP contribution in [0.4, 0.5) is 0 Å². The second kappa shape index (κ2) is 28.5. The van der Waals surface area contributed by atoms with Crippen LogP contribution in [0.2, 0.25) is 0 Å².